The summed E-state index contributed by atoms with van der Waals surface area (Å²) in [6.45, 7) is 4.36. The molecule has 3 aromatic carbocycles. The van der Waals surface area contributed by atoms with Gasteiger partial charge in [0.05, 0.1) is 0 Å². The van der Waals surface area contributed by atoms with Gasteiger partial charge >= 0.3 is 5.97 Å². The van der Waals surface area contributed by atoms with Crippen LogP contribution >= 0.6 is 0 Å². The predicted octanol–water partition coefficient (Wildman–Crippen LogP) is 7.21. The quantitative estimate of drug-likeness (QED) is 0.174. The number of ether oxygens (including phenoxy) is 1. The Labute approximate surface area is 162 Å². The van der Waals surface area contributed by atoms with Crippen LogP contribution in [-0.2, 0) is 11.2 Å². The van der Waals surface area contributed by atoms with Crippen LogP contribution < -0.4 is 4.74 Å². The van der Waals surface area contributed by atoms with Gasteiger partial charge in [-0.2, -0.15) is 0 Å². The molecule has 0 saturated carbocycles. The van der Waals surface area contributed by atoms with Crippen molar-refractivity contribution >= 4 is 27.5 Å². The summed E-state index contributed by atoms with van der Waals surface area (Å²) in [5, 5.41) is 4.27. The highest BCUT2D eigenvalue weighted by Crippen LogP contribution is 2.36. The number of hydrogen-bond acceptors (Lipinski definition) is 2. The molecule has 2 nitrogen and oxygen atoms in total. The molecule has 2 heteroatoms. The highest BCUT2D eigenvalue weighted by molar-refractivity contribution is 6.06. The molecule has 0 aromatic heterocycles. The first-order valence-electron chi connectivity index (χ1n) is 10.4. The Hall–Kier alpha value is -2.35. The fraction of sp³-hybridized carbons (Fsp3) is 0.400. The summed E-state index contributed by atoms with van der Waals surface area (Å²) in [6.07, 6.45) is 8.47. The highest BCUT2D eigenvalue weighted by Gasteiger charge is 2.13. The zero-order chi connectivity index (χ0) is 19.1. The molecule has 3 rings (SSSR count). The number of carbonyl (C=O) groups excluding carboxylic acids is 1. The van der Waals surface area contributed by atoms with E-state index in [1.165, 1.54) is 31.2 Å². The molecular formula is C25H30O2. The zero-order valence-corrected chi connectivity index (χ0v) is 16.6. The van der Waals surface area contributed by atoms with E-state index in [9.17, 15) is 4.79 Å². The maximum Gasteiger partial charge on any atom is 0.311 e. The van der Waals surface area contributed by atoms with Crippen LogP contribution in [0.3, 0.4) is 0 Å². The third-order valence-corrected chi connectivity index (χ3v) is 5.24. The van der Waals surface area contributed by atoms with Crippen LogP contribution in [0.15, 0.2) is 48.5 Å². The number of aryl methyl sites for hydroxylation is 1. The van der Waals surface area contributed by atoms with Crippen molar-refractivity contribution in [1.82, 2.24) is 0 Å². The first-order valence-corrected chi connectivity index (χ1v) is 10.4. The molecule has 27 heavy (non-hydrogen) atoms. The second-order valence-electron chi connectivity index (χ2n) is 7.33. The number of rotatable bonds is 9. The molecule has 0 amide bonds. The third-order valence-electron chi connectivity index (χ3n) is 5.24. The van der Waals surface area contributed by atoms with Crippen molar-refractivity contribution in [1.29, 1.82) is 0 Å². The number of fused-ring (bicyclic) bond motifs is 2. The summed E-state index contributed by atoms with van der Waals surface area (Å²) in [4.78, 5) is 12.5. The van der Waals surface area contributed by atoms with Gasteiger partial charge in [0.2, 0.25) is 0 Å². The minimum Gasteiger partial charge on any atom is -0.425 e. The first kappa shape index (κ1) is 19.4. The van der Waals surface area contributed by atoms with E-state index in [4.69, 9.17) is 4.74 Å². The standard InChI is InChI=1S/C25H30O2/c1-3-5-6-7-8-9-14-24(26)27-25-22-13-11-10-12-20(22)18-21-16-15-19(4-2)17-23(21)25/h10-13,15-18H,3-9,14H2,1-2H3. The third kappa shape index (κ3) is 4.88. The van der Waals surface area contributed by atoms with Gasteiger partial charge in [-0.05, 0) is 41.3 Å². The Morgan fingerprint density at radius 2 is 1.56 bits per heavy atom. The van der Waals surface area contributed by atoms with Crippen LogP contribution in [0.1, 0.15) is 64.4 Å². The van der Waals surface area contributed by atoms with E-state index in [0.717, 1.165) is 46.6 Å². The maximum absolute atomic E-state index is 12.5. The maximum atomic E-state index is 12.5. The fourth-order valence-corrected chi connectivity index (χ4v) is 3.61. The molecule has 0 aliphatic carbocycles. The second-order valence-corrected chi connectivity index (χ2v) is 7.33. The van der Waals surface area contributed by atoms with Crippen molar-refractivity contribution in [2.45, 2.75) is 65.2 Å². The Morgan fingerprint density at radius 1 is 0.815 bits per heavy atom. The van der Waals surface area contributed by atoms with Crippen molar-refractivity contribution in [3.8, 4) is 5.75 Å². The summed E-state index contributed by atoms with van der Waals surface area (Å²) in [7, 11) is 0. The lowest BCUT2D eigenvalue weighted by atomic mass is 9.99. The molecule has 142 valence electrons. The number of unbranched alkanes of at least 4 members (excludes halogenated alkanes) is 5. The Balaban J connectivity index is 1.81. The van der Waals surface area contributed by atoms with Crippen molar-refractivity contribution in [3.05, 3.63) is 54.1 Å². The molecule has 0 unspecified atom stereocenters. The van der Waals surface area contributed by atoms with Gasteiger partial charge in [0, 0.05) is 17.2 Å². The summed E-state index contributed by atoms with van der Waals surface area (Å²) >= 11 is 0. The number of carbonyl (C=O) groups is 1. The van der Waals surface area contributed by atoms with Crippen LogP contribution in [0, 0.1) is 0 Å². The lowest BCUT2D eigenvalue weighted by Crippen LogP contribution is -2.08. The number of hydrogen-bond donors (Lipinski definition) is 0. The molecule has 0 saturated heterocycles. The average Bonchev–Trinajstić information content (AvgIpc) is 2.70. The fourth-order valence-electron chi connectivity index (χ4n) is 3.61. The van der Waals surface area contributed by atoms with Crippen molar-refractivity contribution in [2.75, 3.05) is 0 Å². The van der Waals surface area contributed by atoms with Gasteiger partial charge in [-0.3, -0.25) is 4.79 Å². The topological polar surface area (TPSA) is 26.3 Å². The van der Waals surface area contributed by atoms with E-state index in [2.05, 4.69) is 44.2 Å². The smallest absolute Gasteiger partial charge is 0.311 e. The number of esters is 1. The molecule has 0 radical (unpaired) electrons. The van der Waals surface area contributed by atoms with E-state index < -0.39 is 0 Å². The van der Waals surface area contributed by atoms with Gasteiger partial charge < -0.3 is 4.74 Å². The predicted molar refractivity (Wildman–Crippen MR) is 114 cm³/mol. The summed E-state index contributed by atoms with van der Waals surface area (Å²) in [6, 6.07) is 16.8. The lowest BCUT2D eigenvalue weighted by Gasteiger charge is -2.13. The first-order chi connectivity index (χ1) is 13.2. The van der Waals surface area contributed by atoms with Crippen molar-refractivity contribution < 1.29 is 9.53 Å². The molecule has 0 bridgehead atoms. The van der Waals surface area contributed by atoms with Gasteiger partial charge in [-0.15, -0.1) is 0 Å². The second kappa shape index (κ2) is 9.55. The van der Waals surface area contributed by atoms with E-state index in [1.807, 2.05) is 18.2 Å². The Kier molecular flexibility index (Phi) is 6.86. The van der Waals surface area contributed by atoms with Crippen LogP contribution in [0.2, 0.25) is 0 Å². The van der Waals surface area contributed by atoms with Crippen molar-refractivity contribution in [2.24, 2.45) is 0 Å². The van der Waals surface area contributed by atoms with Gasteiger partial charge in [0.1, 0.15) is 5.75 Å². The minimum absolute atomic E-state index is 0.120. The molecule has 3 aromatic rings. The summed E-state index contributed by atoms with van der Waals surface area (Å²) < 4.78 is 5.93. The van der Waals surface area contributed by atoms with Gasteiger partial charge in [0.25, 0.3) is 0 Å². The SMILES string of the molecule is CCCCCCCCC(=O)Oc1c2ccccc2cc2ccc(CC)cc12. The monoisotopic (exact) mass is 362 g/mol. The molecule has 0 fully saturated rings. The largest absolute Gasteiger partial charge is 0.425 e. The molecular weight excluding hydrogens is 332 g/mol. The molecule has 0 aliphatic heterocycles. The Bertz CT molecular complexity index is 911. The molecule has 0 atom stereocenters. The highest BCUT2D eigenvalue weighted by atomic mass is 16.5. The summed E-state index contributed by atoms with van der Waals surface area (Å²) in [5.74, 6) is 0.597. The molecule has 0 heterocycles. The summed E-state index contributed by atoms with van der Waals surface area (Å²) in [5.41, 5.74) is 1.26. The van der Waals surface area contributed by atoms with E-state index in [1.54, 1.807) is 0 Å². The van der Waals surface area contributed by atoms with Crippen LogP contribution in [-0.4, -0.2) is 5.97 Å². The molecule has 0 N–H and O–H groups in total. The van der Waals surface area contributed by atoms with Crippen LogP contribution in [0.4, 0.5) is 0 Å². The number of benzene rings is 3. The average molecular weight is 363 g/mol. The van der Waals surface area contributed by atoms with Gasteiger partial charge in [-0.1, -0.05) is 82.3 Å². The zero-order valence-electron chi connectivity index (χ0n) is 16.6. The van der Waals surface area contributed by atoms with Crippen LogP contribution in [0.5, 0.6) is 5.75 Å². The van der Waals surface area contributed by atoms with Gasteiger partial charge in [0.15, 0.2) is 0 Å². The Morgan fingerprint density at radius 3 is 2.37 bits per heavy atom. The molecule has 0 spiro atoms. The lowest BCUT2D eigenvalue weighted by molar-refractivity contribution is -0.134. The van der Waals surface area contributed by atoms with E-state index in [0.29, 0.717) is 6.42 Å². The van der Waals surface area contributed by atoms with Crippen molar-refractivity contribution in [3.63, 3.8) is 0 Å². The van der Waals surface area contributed by atoms with Gasteiger partial charge in [-0.25, -0.2) is 0 Å². The van der Waals surface area contributed by atoms with E-state index >= 15 is 0 Å². The van der Waals surface area contributed by atoms with Crippen LogP contribution in [0.25, 0.3) is 21.5 Å². The van der Waals surface area contributed by atoms with E-state index in [-0.39, 0.29) is 5.97 Å². The minimum atomic E-state index is -0.120. The molecule has 0 aliphatic rings. The normalized spacial score (nSPS) is 11.2.